The van der Waals surface area contributed by atoms with Crippen LogP contribution < -0.4 is 0 Å². The van der Waals surface area contributed by atoms with Gasteiger partial charge in [-0.15, -0.1) is 11.8 Å². The highest BCUT2D eigenvalue weighted by atomic mass is 32.2. The number of carbonyl (C=O) groups excluding carboxylic acids is 1. The lowest BCUT2D eigenvalue weighted by Crippen LogP contribution is -2.29. The van der Waals surface area contributed by atoms with Crippen LogP contribution in [0.1, 0.15) is 19.4 Å². The second-order valence-electron chi connectivity index (χ2n) is 4.47. The molecule has 2 aromatic heterocycles. The van der Waals surface area contributed by atoms with E-state index < -0.39 is 4.75 Å². The molecule has 19 heavy (non-hydrogen) atoms. The third-order valence-electron chi connectivity index (χ3n) is 2.63. The van der Waals surface area contributed by atoms with Crippen molar-refractivity contribution in [1.82, 2.24) is 9.38 Å². The lowest BCUT2D eigenvalue weighted by molar-refractivity contribution is -0.142. The zero-order valence-corrected chi connectivity index (χ0v) is 11.7. The Hall–Kier alpha value is -2.00. The van der Waals surface area contributed by atoms with Crippen molar-refractivity contribution < 1.29 is 9.53 Å². The number of rotatable bonds is 3. The molecule has 0 amide bonds. The SMILES string of the molecule is COC(=O)C(C)(C)Sc1cc(C#N)cn2ccnc12. The molecule has 2 aromatic rings. The van der Waals surface area contributed by atoms with Crippen LogP contribution >= 0.6 is 11.8 Å². The van der Waals surface area contributed by atoms with Gasteiger partial charge >= 0.3 is 5.97 Å². The summed E-state index contributed by atoms with van der Waals surface area (Å²) < 4.78 is 5.82. The van der Waals surface area contributed by atoms with E-state index in [4.69, 9.17) is 10.00 Å². The topological polar surface area (TPSA) is 67.4 Å². The van der Waals surface area contributed by atoms with Crippen molar-refractivity contribution in [1.29, 1.82) is 5.26 Å². The number of methoxy groups -OCH3 is 1. The minimum absolute atomic E-state index is 0.315. The predicted octanol–water partition coefficient (Wildman–Crippen LogP) is 2.25. The van der Waals surface area contributed by atoms with Gasteiger partial charge in [0, 0.05) is 18.6 Å². The maximum atomic E-state index is 11.7. The van der Waals surface area contributed by atoms with Gasteiger partial charge in [0.1, 0.15) is 10.8 Å². The molecule has 0 saturated heterocycles. The molecule has 5 nitrogen and oxygen atoms in total. The number of esters is 1. The highest BCUT2D eigenvalue weighted by molar-refractivity contribution is 8.01. The summed E-state index contributed by atoms with van der Waals surface area (Å²) in [6.45, 7) is 3.56. The summed E-state index contributed by atoms with van der Waals surface area (Å²) in [5, 5.41) is 9.03. The highest BCUT2D eigenvalue weighted by Crippen LogP contribution is 2.35. The average molecular weight is 275 g/mol. The number of fused-ring (bicyclic) bond motifs is 1. The Morgan fingerprint density at radius 3 is 2.95 bits per heavy atom. The maximum absolute atomic E-state index is 11.7. The molecule has 6 heteroatoms. The van der Waals surface area contributed by atoms with E-state index in [1.54, 1.807) is 42.9 Å². The highest BCUT2D eigenvalue weighted by Gasteiger charge is 2.31. The van der Waals surface area contributed by atoms with E-state index in [-0.39, 0.29) is 5.97 Å². The standard InChI is InChI=1S/C13H13N3O2S/c1-13(2,12(17)18-3)19-10-6-9(7-14)8-16-5-4-15-11(10)16/h4-6,8H,1-3H3. The van der Waals surface area contributed by atoms with Gasteiger partial charge in [-0.3, -0.25) is 4.79 Å². The van der Waals surface area contributed by atoms with Crippen LogP contribution in [0.2, 0.25) is 0 Å². The lowest BCUT2D eigenvalue weighted by Gasteiger charge is -2.21. The Morgan fingerprint density at radius 1 is 1.58 bits per heavy atom. The fourth-order valence-corrected chi connectivity index (χ4v) is 2.85. The molecule has 0 aliphatic rings. The Kier molecular flexibility index (Phi) is 3.49. The molecule has 0 spiro atoms. The predicted molar refractivity (Wildman–Crippen MR) is 71.9 cm³/mol. The van der Waals surface area contributed by atoms with Crippen LogP contribution in [-0.2, 0) is 9.53 Å². The molecule has 0 unspecified atom stereocenters. The summed E-state index contributed by atoms with van der Waals surface area (Å²) in [5.74, 6) is -0.315. The van der Waals surface area contributed by atoms with Crippen LogP contribution in [0.25, 0.3) is 5.65 Å². The first-order valence-electron chi connectivity index (χ1n) is 5.62. The Labute approximate surface area is 115 Å². The number of carbonyl (C=O) groups is 1. The number of imidazole rings is 1. The van der Waals surface area contributed by atoms with Gasteiger partial charge in [0.25, 0.3) is 0 Å². The quantitative estimate of drug-likeness (QED) is 0.635. The fourth-order valence-electron chi connectivity index (χ4n) is 1.70. The van der Waals surface area contributed by atoms with Gasteiger partial charge in [-0.05, 0) is 19.9 Å². The van der Waals surface area contributed by atoms with E-state index in [0.717, 1.165) is 10.5 Å². The number of aromatic nitrogens is 2. The summed E-state index contributed by atoms with van der Waals surface area (Å²) in [6, 6.07) is 3.83. The molecule has 2 heterocycles. The van der Waals surface area contributed by atoms with E-state index in [1.807, 2.05) is 0 Å². The number of thioether (sulfide) groups is 1. The first-order valence-corrected chi connectivity index (χ1v) is 6.44. The monoisotopic (exact) mass is 275 g/mol. The van der Waals surface area contributed by atoms with Crippen LogP contribution in [0.4, 0.5) is 0 Å². The zero-order chi connectivity index (χ0) is 14.0. The van der Waals surface area contributed by atoms with Crippen molar-refractivity contribution in [3.63, 3.8) is 0 Å². The molecule has 0 saturated carbocycles. The van der Waals surface area contributed by atoms with Gasteiger partial charge in [0.2, 0.25) is 0 Å². The summed E-state index contributed by atoms with van der Waals surface area (Å²) >= 11 is 1.33. The van der Waals surface area contributed by atoms with Gasteiger partial charge in [0.05, 0.1) is 17.6 Å². The third kappa shape index (κ3) is 2.56. The van der Waals surface area contributed by atoms with Gasteiger partial charge in [0.15, 0.2) is 5.65 Å². The number of nitriles is 1. The van der Waals surface area contributed by atoms with Crippen molar-refractivity contribution in [3.8, 4) is 6.07 Å². The van der Waals surface area contributed by atoms with Crippen LogP contribution in [0.5, 0.6) is 0 Å². The first-order chi connectivity index (χ1) is 8.97. The molecule has 98 valence electrons. The minimum atomic E-state index is -0.741. The van der Waals surface area contributed by atoms with E-state index in [9.17, 15) is 4.79 Å². The van der Waals surface area contributed by atoms with Crippen molar-refractivity contribution in [2.24, 2.45) is 0 Å². The lowest BCUT2D eigenvalue weighted by atomic mass is 10.2. The summed E-state index contributed by atoms with van der Waals surface area (Å²) in [4.78, 5) is 16.8. The molecule has 0 fully saturated rings. The average Bonchev–Trinajstić information content (AvgIpc) is 2.85. The number of ether oxygens (including phenoxy) is 1. The molecular weight excluding hydrogens is 262 g/mol. The second-order valence-corrected chi connectivity index (χ2v) is 6.13. The molecular formula is C13H13N3O2S. The van der Waals surface area contributed by atoms with Crippen molar-refractivity contribution in [2.45, 2.75) is 23.5 Å². The second kappa shape index (κ2) is 4.94. The normalized spacial score (nSPS) is 11.3. The summed E-state index contributed by atoms with van der Waals surface area (Å²) in [7, 11) is 1.36. The Morgan fingerprint density at radius 2 is 2.32 bits per heavy atom. The third-order valence-corrected chi connectivity index (χ3v) is 3.82. The van der Waals surface area contributed by atoms with E-state index in [2.05, 4.69) is 11.1 Å². The minimum Gasteiger partial charge on any atom is -0.468 e. The number of pyridine rings is 1. The summed E-state index contributed by atoms with van der Waals surface area (Å²) in [6.07, 6.45) is 5.13. The molecule has 0 aliphatic heterocycles. The van der Waals surface area contributed by atoms with E-state index >= 15 is 0 Å². The maximum Gasteiger partial charge on any atom is 0.321 e. The van der Waals surface area contributed by atoms with Crippen LogP contribution in [0, 0.1) is 11.3 Å². The van der Waals surface area contributed by atoms with Gasteiger partial charge in [-0.1, -0.05) is 0 Å². The van der Waals surface area contributed by atoms with Crippen LogP contribution in [0.15, 0.2) is 29.6 Å². The smallest absolute Gasteiger partial charge is 0.321 e. The molecule has 0 radical (unpaired) electrons. The number of hydrogen-bond donors (Lipinski definition) is 0. The van der Waals surface area contributed by atoms with Crippen molar-refractivity contribution in [2.75, 3.05) is 7.11 Å². The Bertz CT molecular complexity index is 670. The van der Waals surface area contributed by atoms with Crippen LogP contribution in [0.3, 0.4) is 0 Å². The fraction of sp³-hybridized carbons (Fsp3) is 0.308. The van der Waals surface area contributed by atoms with Crippen molar-refractivity contribution in [3.05, 3.63) is 30.2 Å². The molecule has 0 N–H and O–H groups in total. The largest absolute Gasteiger partial charge is 0.468 e. The number of nitrogens with zero attached hydrogens (tertiary/aromatic N) is 3. The molecule has 0 aromatic carbocycles. The van der Waals surface area contributed by atoms with Gasteiger partial charge < -0.3 is 9.14 Å². The molecule has 0 atom stereocenters. The zero-order valence-electron chi connectivity index (χ0n) is 10.9. The van der Waals surface area contributed by atoms with Gasteiger partial charge in [-0.25, -0.2) is 4.98 Å². The number of hydrogen-bond acceptors (Lipinski definition) is 5. The molecule has 0 aliphatic carbocycles. The van der Waals surface area contributed by atoms with Crippen molar-refractivity contribution >= 4 is 23.4 Å². The van der Waals surface area contributed by atoms with Gasteiger partial charge in [-0.2, -0.15) is 5.26 Å². The molecule has 2 rings (SSSR count). The molecule has 0 bridgehead atoms. The van der Waals surface area contributed by atoms with E-state index in [0.29, 0.717) is 5.56 Å². The van der Waals surface area contributed by atoms with E-state index in [1.165, 1.54) is 18.9 Å². The summed E-state index contributed by atoms with van der Waals surface area (Å²) in [5.41, 5.74) is 1.25. The first kappa shape index (κ1) is 13.4. The Balaban J connectivity index is 2.48. The van der Waals surface area contributed by atoms with Crippen LogP contribution in [-0.4, -0.2) is 27.2 Å².